The molecule has 0 saturated heterocycles. The van der Waals surface area contributed by atoms with Gasteiger partial charge in [0.2, 0.25) is 0 Å². The van der Waals surface area contributed by atoms with Crippen LogP contribution in [0.25, 0.3) is 10.2 Å². The number of aryl methyl sites for hydroxylation is 3. The molecular formula is C25H28N4OS2. The summed E-state index contributed by atoms with van der Waals surface area (Å²) in [7, 11) is 0. The summed E-state index contributed by atoms with van der Waals surface area (Å²) in [6, 6.07) is 11.0. The zero-order valence-corrected chi connectivity index (χ0v) is 20.1. The molecule has 0 amide bonds. The van der Waals surface area contributed by atoms with E-state index in [1.807, 2.05) is 19.2 Å². The molecule has 2 atom stereocenters. The molecule has 0 bridgehead atoms. The molecule has 0 aliphatic heterocycles. The van der Waals surface area contributed by atoms with Gasteiger partial charge < -0.3 is 5.32 Å². The Bertz CT molecular complexity index is 1270. The fraction of sp³-hybridized carbons (Fsp3) is 0.400. The van der Waals surface area contributed by atoms with E-state index in [9.17, 15) is 4.79 Å². The van der Waals surface area contributed by atoms with Crippen LogP contribution in [0.15, 0.2) is 46.8 Å². The molecule has 0 fully saturated rings. The van der Waals surface area contributed by atoms with Gasteiger partial charge >= 0.3 is 0 Å². The second-order valence-corrected chi connectivity index (χ2v) is 10.7. The van der Waals surface area contributed by atoms with E-state index in [2.05, 4.69) is 45.6 Å². The van der Waals surface area contributed by atoms with Crippen LogP contribution in [0.4, 0.5) is 0 Å². The topological polar surface area (TPSA) is 59.8 Å². The highest BCUT2D eigenvalue weighted by Gasteiger charge is 2.26. The van der Waals surface area contributed by atoms with E-state index in [1.165, 1.54) is 16.0 Å². The summed E-state index contributed by atoms with van der Waals surface area (Å²) in [6.45, 7) is 5.04. The summed E-state index contributed by atoms with van der Waals surface area (Å²) in [5.74, 6) is 0. The largest absolute Gasteiger partial charge is 0.314 e. The molecule has 4 aromatic rings. The Hall–Kier alpha value is -2.35. The van der Waals surface area contributed by atoms with Crippen molar-refractivity contribution in [3.8, 4) is 0 Å². The van der Waals surface area contributed by atoms with E-state index >= 15 is 0 Å². The summed E-state index contributed by atoms with van der Waals surface area (Å²) in [6.07, 6.45) is 6.94. The van der Waals surface area contributed by atoms with Gasteiger partial charge in [0.25, 0.3) is 5.56 Å². The third-order valence-electron chi connectivity index (χ3n) is 6.39. The van der Waals surface area contributed by atoms with Gasteiger partial charge in [-0.3, -0.25) is 9.36 Å². The predicted molar refractivity (Wildman–Crippen MR) is 133 cm³/mol. The molecule has 7 heteroatoms. The number of rotatable bonds is 7. The van der Waals surface area contributed by atoms with Crippen molar-refractivity contribution >= 4 is 32.9 Å². The number of aromatic nitrogens is 3. The third kappa shape index (κ3) is 4.29. The lowest BCUT2D eigenvalue weighted by molar-refractivity contribution is 0.459. The Morgan fingerprint density at radius 1 is 1.28 bits per heavy atom. The maximum absolute atomic E-state index is 13.4. The standard InChI is InChI=1S/C25H28N4OS2/c1-16(21-14-31-17(2)28-21)29-15-27-24-23(25(29)30)20-11-10-19(13-22(20)32-24)26-12-6-9-18-7-4-3-5-8-18/h3-5,7-8,14-16,19,26H,6,9-13H2,1-2H3. The quantitative estimate of drug-likeness (QED) is 0.395. The van der Waals surface area contributed by atoms with Crippen LogP contribution >= 0.6 is 22.7 Å². The highest BCUT2D eigenvalue weighted by molar-refractivity contribution is 7.18. The number of nitrogens with one attached hydrogen (secondary N) is 1. The average molecular weight is 465 g/mol. The van der Waals surface area contributed by atoms with E-state index < -0.39 is 0 Å². The van der Waals surface area contributed by atoms with Crippen LogP contribution in [-0.2, 0) is 19.3 Å². The Morgan fingerprint density at radius 2 is 2.12 bits per heavy atom. The number of hydrogen-bond donors (Lipinski definition) is 1. The zero-order chi connectivity index (χ0) is 22.1. The first kappa shape index (κ1) is 21.5. The number of benzene rings is 1. The molecule has 166 valence electrons. The lowest BCUT2D eigenvalue weighted by Crippen LogP contribution is -2.35. The molecule has 3 aromatic heterocycles. The van der Waals surface area contributed by atoms with Crippen LogP contribution in [0, 0.1) is 6.92 Å². The molecular weight excluding hydrogens is 436 g/mol. The zero-order valence-electron chi connectivity index (χ0n) is 18.5. The van der Waals surface area contributed by atoms with Crippen LogP contribution in [0.5, 0.6) is 0 Å². The first-order valence-corrected chi connectivity index (χ1v) is 13.0. The molecule has 1 N–H and O–H groups in total. The molecule has 1 aliphatic rings. The van der Waals surface area contributed by atoms with Gasteiger partial charge in [-0.05, 0) is 63.6 Å². The summed E-state index contributed by atoms with van der Waals surface area (Å²) in [4.78, 5) is 24.8. The van der Waals surface area contributed by atoms with Gasteiger partial charge in [0.15, 0.2) is 0 Å². The molecule has 0 radical (unpaired) electrons. The Kier molecular flexibility index (Phi) is 6.22. The lowest BCUT2D eigenvalue weighted by Gasteiger charge is -2.23. The molecule has 2 unspecified atom stereocenters. The molecule has 3 heterocycles. The molecule has 0 spiro atoms. The fourth-order valence-electron chi connectivity index (χ4n) is 4.59. The minimum atomic E-state index is -0.109. The van der Waals surface area contributed by atoms with Gasteiger partial charge in [-0.15, -0.1) is 22.7 Å². The van der Waals surface area contributed by atoms with Gasteiger partial charge in [-0.2, -0.15) is 0 Å². The van der Waals surface area contributed by atoms with Gasteiger partial charge in [0.1, 0.15) is 4.83 Å². The van der Waals surface area contributed by atoms with Gasteiger partial charge in [-0.1, -0.05) is 30.3 Å². The van der Waals surface area contributed by atoms with E-state index in [-0.39, 0.29) is 11.6 Å². The molecule has 5 rings (SSSR count). The van der Waals surface area contributed by atoms with Crippen LogP contribution < -0.4 is 10.9 Å². The lowest BCUT2D eigenvalue weighted by atomic mass is 9.93. The monoisotopic (exact) mass is 464 g/mol. The van der Waals surface area contributed by atoms with E-state index in [0.717, 1.165) is 59.6 Å². The van der Waals surface area contributed by atoms with Crippen molar-refractivity contribution in [1.29, 1.82) is 0 Å². The first-order valence-electron chi connectivity index (χ1n) is 11.3. The maximum atomic E-state index is 13.4. The highest BCUT2D eigenvalue weighted by atomic mass is 32.1. The van der Waals surface area contributed by atoms with Crippen molar-refractivity contribution in [2.24, 2.45) is 0 Å². The van der Waals surface area contributed by atoms with Crippen LogP contribution in [-0.4, -0.2) is 27.1 Å². The fourth-order valence-corrected chi connectivity index (χ4v) is 6.54. The van der Waals surface area contributed by atoms with Gasteiger partial charge in [-0.25, -0.2) is 9.97 Å². The maximum Gasteiger partial charge on any atom is 0.262 e. The van der Waals surface area contributed by atoms with Crippen molar-refractivity contribution in [3.63, 3.8) is 0 Å². The minimum absolute atomic E-state index is 0.0694. The highest BCUT2D eigenvalue weighted by Crippen LogP contribution is 2.34. The van der Waals surface area contributed by atoms with Crippen molar-refractivity contribution in [2.45, 2.75) is 58.0 Å². The van der Waals surface area contributed by atoms with Crippen LogP contribution in [0.1, 0.15) is 52.5 Å². The van der Waals surface area contributed by atoms with E-state index in [1.54, 1.807) is 33.6 Å². The molecule has 5 nitrogen and oxygen atoms in total. The van der Waals surface area contributed by atoms with Crippen molar-refractivity contribution in [3.05, 3.63) is 79.1 Å². The number of thiazole rings is 1. The molecule has 1 aromatic carbocycles. The van der Waals surface area contributed by atoms with Crippen LogP contribution in [0.3, 0.4) is 0 Å². The Balaban J connectivity index is 1.29. The second-order valence-electron chi connectivity index (χ2n) is 8.59. The van der Waals surface area contributed by atoms with Gasteiger partial charge in [0, 0.05) is 16.3 Å². The van der Waals surface area contributed by atoms with Crippen molar-refractivity contribution < 1.29 is 0 Å². The summed E-state index contributed by atoms with van der Waals surface area (Å²) in [5.41, 5.74) is 3.62. The number of nitrogens with zero attached hydrogens (tertiary/aromatic N) is 3. The van der Waals surface area contributed by atoms with Crippen molar-refractivity contribution in [2.75, 3.05) is 6.54 Å². The number of fused-ring (bicyclic) bond motifs is 3. The van der Waals surface area contributed by atoms with E-state index in [0.29, 0.717) is 6.04 Å². The second kappa shape index (κ2) is 9.25. The molecule has 0 saturated carbocycles. The van der Waals surface area contributed by atoms with E-state index in [4.69, 9.17) is 0 Å². The SMILES string of the molecule is Cc1nc(C(C)n2cnc3sc4c(c3c2=O)CCC(NCCCc2ccccc2)C4)cs1. The normalized spacial score (nSPS) is 16.9. The smallest absolute Gasteiger partial charge is 0.262 e. The molecule has 1 aliphatic carbocycles. The predicted octanol–water partition coefficient (Wildman–Crippen LogP) is 4.91. The number of hydrogen-bond acceptors (Lipinski definition) is 6. The van der Waals surface area contributed by atoms with Gasteiger partial charge in [0.05, 0.1) is 28.5 Å². The van der Waals surface area contributed by atoms with Crippen LogP contribution in [0.2, 0.25) is 0 Å². The molecule has 32 heavy (non-hydrogen) atoms. The Morgan fingerprint density at radius 3 is 2.91 bits per heavy atom. The number of thiophene rings is 1. The van der Waals surface area contributed by atoms with Crippen molar-refractivity contribution in [1.82, 2.24) is 19.9 Å². The minimum Gasteiger partial charge on any atom is -0.314 e. The summed E-state index contributed by atoms with van der Waals surface area (Å²) >= 11 is 3.31. The third-order valence-corrected chi connectivity index (χ3v) is 8.35. The average Bonchev–Trinajstić information content (AvgIpc) is 3.40. The summed E-state index contributed by atoms with van der Waals surface area (Å²) in [5, 5.41) is 7.62. The first-order chi connectivity index (χ1) is 15.6. The summed E-state index contributed by atoms with van der Waals surface area (Å²) < 4.78 is 1.75. The Labute approximate surface area is 196 Å².